The van der Waals surface area contributed by atoms with Crippen molar-refractivity contribution in [1.29, 1.82) is 0 Å². The Labute approximate surface area is 101 Å². The van der Waals surface area contributed by atoms with E-state index in [9.17, 15) is 0 Å². The standard InChI is InChI=1S/C13H18N4/c1-14-7-13(4-5-13)8-15-10-2-3-11-12(6-10)17-9-16-11/h2-3,6,9,14-15H,4-5,7-8H2,1H3,(H,16,17). The molecule has 0 unspecified atom stereocenters. The molecule has 4 heteroatoms. The van der Waals surface area contributed by atoms with E-state index in [1.54, 1.807) is 6.33 Å². The van der Waals surface area contributed by atoms with E-state index >= 15 is 0 Å². The molecule has 3 N–H and O–H groups in total. The Bertz CT molecular complexity index is 513. The van der Waals surface area contributed by atoms with Crippen molar-refractivity contribution in [2.75, 3.05) is 25.5 Å². The fourth-order valence-corrected chi connectivity index (χ4v) is 2.30. The molecule has 90 valence electrons. The van der Waals surface area contributed by atoms with Crippen LogP contribution in [0.15, 0.2) is 24.5 Å². The van der Waals surface area contributed by atoms with E-state index in [2.05, 4.69) is 32.7 Å². The van der Waals surface area contributed by atoms with Gasteiger partial charge in [0.25, 0.3) is 0 Å². The Kier molecular flexibility index (Phi) is 2.52. The van der Waals surface area contributed by atoms with Crippen LogP contribution >= 0.6 is 0 Å². The molecule has 1 aliphatic rings. The predicted molar refractivity (Wildman–Crippen MR) is 70.2 cm³/mol. The number of aromatic nitrogens is 2. The first-order valence-corrected chi connectivity index (χ1v) is 6.13. The number of H-pyrrole nitrogens is 1. The van der Waals surface area contributed by atoms with Gasteiger partial charge in [-0.15, -0.1) is 0 Å². The summed E-state index contributed by atoms with van der Waals surface area (Å²) in [7, 11) is 2.02. The number of rotatable bonds is 5. The average molecular weight is 230 g/mol. The third-order valence-corrected chi connectivity index (χ3v) is 3.60. The van der Waals surface area contributed by atoms with E-state index < -0.39 is 0 Å². The number of hydrogen-bond donors (Lipinski definition) is 3. The Hall–Kier alpha value is -1.55. The molecule has 1 fully saturated rings. The number of benzene rings is 1. The normalized spacial score (nSPS) is 17.2. The molecule has 0 atom stereocenters. The first kappa shape index (κ1) is 10.6. The Morgan fingerprint density at radius 3 is 3.00 bits per heavy atom. The Morgan fingerprint density at radius 1 is 1.35 bits per heavy atom. The summed E-state index contributed by atoms with van der Waals surface area (Å²) in [5, 5.41) is 6.80. The first-order valence-electron chi connectivity index (χ1n) is 6.13. The maximum absolute atomic E-state index is 4.22. The lowest BCUT2D eigenvalue weighted by Crippen LogP contribution is -2.26. The summed E-state index contributed by atoms with van der Waals surface area (Å²) in [4.78, 5) is 7.35. The average Bonchev–Trinajstić information content (AvgIpc) is 2.95. The highest BCUT2D eigenvalue weighted by molar-refractivity contribution is 5.78. The van der Waals surface area contributed by atoms with Crippen molar-refractivity contribution in [1.82, 2.24) is 15.3 Å². The van der Waals surface area contributed by atoms with Gasteiger partial charge in [-0.1, -0.05) is 0 Å². The summed E-state index contributed by atoms with van der Waals surface area (Å²) in [6.07, 6.45) is 4.39. The molecule has 1 heterocycles. The van der Waals surface area contributed by atoms with Crippen LogP contribution in [0.1, 0.15) is 12.8 Å². The fourth-order valence-electron chi connectivity index (χ4n) is 2.30. The summed E-state index contributed by atoms with van der Waals surface area (Å²) in [5.41, 5.74) is 3.77. The van der Waals surface area contributed by atoms with Gasteiger partial charge in [-0.05, 0) is 38.1 Å². The molecular weight excluding hydrogens is 212 g/mol. The topological polar surface area (TPSA) is 52.7 Å². The Morgan fingerprint density at radius 2 is 2.24 bits per heavy atom. The lowest BCUT2D eigenvalue weighted by molar-refractivity contribution is 0.507. The highest BCUT2D eigenvalue weighted by Gasteiger charge is 2.41. The molecule has 0 bridgehead atoms. The van der Waals surface area contributed by atoms with Crippen molar-refractivity contribution in [3.63, 3.8) is 0 Å². The van der Waals surface area contributed by atoms with Gasteiger partial charge in [-0.25, -0.2) is 4.98 Å². The maximum atomic E-state index is 4.22. The lowest BCUT2D eigenvalue weighted by Gasteiger charge is -2.16. The molecule has 0 aliphatic heterocycles. The highest BCUT2D eigenvalue weighted by Crippen LogP contribution is 2.44. The van der Waals surface area contributed by atoms with E-state index in [-0.39, 0.29) is 0 Å². The lowest BCUT2D eigenvalue weighted by atomic mass is 10.1. The molecule has 1 aromatic heterocycles. The number of anilines is 1. The molecule has 0 spiro atoms. The van der Waals surface area contributed by atoms with E-state index in [0.717, 1.165) is 24.1 Å². The molecule has 3 rings (SSSR count). The third-order valence-electron chi connectivity index (χ3n) is 3.60. The van der Waals surface area contributed by atoms with Crippen LogP contribution in [-0.2, 0) is 0 Å². The van der Waals surface area contributed by atoms with Gasteiger partial charge in [0, 0.05) is 24.2 Å². The minimum absolute atomic E-state index is 0.484. The van der Waals surface area contributed by atoms with Crippen molar-refractivity contribution in [3.05, 3.63) is 24.5 Å². The Balaban J connectivity index is 1.68. The number of nitrogens with one attached hydrogen (secondary N) is 3. The second-order valence-corrected chi connectivity index (χ2v) is 5.02. The van der Waals surface area contributed by atoms with E-state index in [1.165, 1.54) is 18.5 Å². The number of hydrogen-bond acceptors (Lipinski definition) is 3. The second-order valence-electron chi connectivity index (χ2n) is 5.02. The van der Waals surface area contributed by atoms with Crippen LogP contribution < -0.4 is 10.6 Å². The van der Waals surface area contributed by atoms with E-state index in [0.29, 0.717) is 5.41 Å². The van der Waals surface area contributed by atoms with Crippen molar-refractivity contribution in [2.45, 2.75) is 12.8 Å². The summed E-state index contributed by atoms with van der Waals surface area (Å²) in [6, 6.07) is 6.27. The number of nitrogens with zero attached hydrogens (tertiary/aromatic N) is 1. The summed E-state index contributed by atoms with van der Waals surface area (Å²) in [6.45, 7) is 2.15. The molecule has 1 aromatic carbocycles. The van der Waals surface area contributed by atoms with E-state index in [1.807, 2.05) is 13.1 Å². The van der Waals surface area contributed by atoms with Crippen LogP contribution in [0.4, 0.5) is 5.69 Å². The summed E-state index contributed by atoms with van der Waals surface area (Å²) in [5.74, 6) is 0. The molecule has 1 aliphatic carbocycles. The van der Waals surface area contributed by atoms with Gasteiger partial charge in [0.05, 0.1) is 17.4 Å². The predicted octanol–water partition coefficient (Wildman–Crippen LogP) is 1.97. The minimum atomic E-state index is 0.484. The van der Waals surface area contributed by atoms with Gasteiger partial charge in [-0.3, -0.25) is 0 Å². The number of fused-ring (bicyclic) bond motifs is 1. The second kappa shape index (κ2) is 4.04. The molecular formula is C13H18N4. The van der Waals surface area contributed by atoms with Crippen LogP contribution in [0.3, 0.4) is 0 Å². The smallest absolute Gasteiger partial charge is 0.0931 e. The summed E-state index contributed by atoms with van der Waals surface area (Å²) >= 11 is 0. The maximum Gasteiger partial charge on any atom is 0.0931 e. The van der Waals surface area contributed by atoms with Gasteiger partial charge in [0.15, 0.2) is 0 Å². The number of imidazole rings is 1. The fraction of sp³-hybridized carbons (Fsp3) is 0.462. The minimum Gasteiger partial charge on any atom is -0.384 e. The molecule has 0 radical (unpaired) electrons. The molecule has 4 nitrogen and oxygen atoms in total. The van der Waals surface area contributed by atoms with Crippen molar-refractivity contribution >= 4 is 16.7 Å². The molecule has 1 saturated carbocycles. The van der Waals surface area contributed by atoms with Gasteiger partial charge in [-0.2, -0.15) is 0 Å². The largest absolute Gasteiger partial charge is 0.384 e. The van der Waals surface area contributed by atoms with Crippen molar-refractivity contribution in [2.24, 2.45) is 5.41 Å². The zero-order valence-electron chi connectivity index (χ0n) is 10.1. The first-order chi connectivity index (χ1) is 8.31. The summed E-state index contributed by atoms with van der Waals surface area (Å²) < 4.78 is 0. The third kappa shape index (κ3) is 2.13. The van der Waals surface area contributed by atoms with Crippen LogP contribution in [0.2, 0.25) is 0 Å². The molecule has 17 heavy (non-hydrogen) atoms. The van der Waals surface area contributed by atoms with Crippen LogP contribution in [0, 0.1) is 5.41 Å². The van der Waals surface area contributed by atoms with Gasteiger partial charge in [0.2, 0.25) is 0 Å². The molecule has 2 aromatic rings. The van der Waals surface area contributed by atoms with E-state index in [4.69, 9.17) is 0 Å². The SMILES string of the molecule is CNCC1(CNc2ccc3nc[nH]c3c2)CC1. The number of aromatic amines is 1. The highest BCUT2D eigenvalue weighted by atomic mass is 14.9. The van der Waals surface area contributed by atoms with Crippen molar-refractivity contribution < 1.29 is 0 Å². The van der Waals surface area contributed by atoms with Gasteiger partial charge < -0.3 is 15.6 Å². The molecule has 0 amide bonds. The van der Waals surface area contributed by atoms with Gasteiger partial charge in [0.1, 0.15) is 0 Å². The monoisotopic (exact) mass is 230 g/mol. The van der Waals surface area contributed by atoms with Crippen molar-refractivity contribution in [3.8, 4) is 0 Å². The van der Waals surface area contributed by atoms with Crippen LogP contribution in [0.5, 0.6) is 0 Å². The zero-order valence-corrected chi connectivity index (χ0v) is 10.1. The van der Waals surface area contributed by atoms with Gasteiger partial charge >= 0.3 is 0 Å². The quantitative estimate of drug-likeness (QED) is 0.736. The zero-order chi connectivity index (χ0) is 11.7. The molecule has 0 saturated heterocycles. The van der Waals surface area contributed by atoms with Crippen LogP contribution in [-0.4, -0.2) is 30.1 Å². The van der Waals surface area contributed by atoms with Crippen LogP contribution in [0.25, 0.3) is 11.0 Å².